The Morgan fingerprint density at radius 2 is 2.00 bits per heavy atom. The normalized spacial score (nSPS) is 17.4. The van der Waals surface area contributed by atoms with Gasteiger partial charge in [-0.2, -0.15) is 0 Å². The van der Waals surface area contributed by atoms with Gasteiger partial charge in [0.15, 0.2) is 0 Å². The first-order valence-corrected chi connectivity index (χ1v) is 7.58. The number of hydrogen-bond acceptors (Lipinski definition) is 3. The highest BCUT2D eigenvalue weighted by atomic mass is 16.5. The Kier molecular flexibility index (Phi) is 5.26. The topological polar surface area (TPSA) is 55.5 Å². The highest BCUT2D eigenvalue weighted by Gasteiger charge is 2.25. The molecule has 0 amide bonds. The Bertz CT molecular complexity index is 428. The molecule has 1 aromatic carbocycles. The number of nitrogens with zero attached hydrogens (tertiary/aromatic N) is 1. The molecule has 1 fully saturated rings. The van der Waals surface area contributed by atoms with Gasteiger partial charge < -0.3 is 20.1 Å². The molecule has 0 saturated carbocycles. The zero-order valence-corrected chi connectivity index (χ0v) is 12.5. The lowest BCUT2D eigenvalue weighted by molar-refractivity contribution is -0.898. The molecule has 1 saturated heterocycles. The van der Waals surface area contributed by atoms with E-state index in [1.54, 1.807) is 18.2 Å². The summed E-state index contributed by atoms with van der Waals surface area (Å²) in [5.41, 5.74) is 7.63. The summed E-state index contributed by atoms with van der Waals surface area (Å²) in [6, 6.07) is 5.12. The summed E-state index contributed by atoms with van der Waals surface area (Å²) in [5.74, 6) is 0.279. The monoisotopic (exact) mass is 279 g/mol. The van der Waals surface area contributed by atoms with Crippen LogP contribution in [0.15, 0.2) is 18.2 Å². The summed E-state index contributed by atoms with van der Waals surface area (Å²) < 4.78 is 6.90. The number of nitrogens with two attached hydrogens (primary N) is 1. The SMILES string of the molecule is C[N+]1(CCOCCCc2cc(O)ccc2N)CCCC1. The molecule has 3 N–H and O–H groups in total. The molecule has 4 heteroatoms. The molecule has 2 rings (SSSR count). The third-order valence-corrected chi connectivity index (χ3v) is 4.28. The maximum Gasteiger partial charge on any atom is 0.116 e. The van der Waals surface area contributed by atoms with Crippen LogP contribution in [0.3, 0.4) is 0 Å². The van der Waals surface area contributed by atoms with E-state index in [4.69, 9.17) is 10.5 Å². The van der Waals surface area contributed by atoms with Crippen LogP contribution in [0.5, 0.6) is 5.75 Å². The summed E-state index contributed by atoms with van der Waals surface area (Å²) in [6.07, 6.45) is 4.50. The molecule has 112 valence electrons. The molecule has 0 radical (unpaired) electrons. The van der Waals surface area contributed by atoms with Crippen molar-refractivity contribution < 1.29 is 14.3 Å². The molecular weight excluding hydrogens is 252 g/mol. The Labute approximate surface area is 121 Å². The maximum absolute atomic E-state index is 9.44. The fourth-order valence-corrected chi connectivity index (χ4v) is 2.88. The van der Waals surface area contributed by atoms with Gasteiger partial charge in [-0.05, 0) is 36.6 Å². The number of phenolic OH excluding ortho intramolecular Hbond substituents is 1. The highest BCUT2D eigenvalue weighted by Crippen LogP contribution is 2.20. The molecule has 0 aliphatic carbocycles. The lowest BCUT2D eigenvalue weighted by Gasteiger charge is -2.28. The zero-order chi connectivity index (χ0) is 14.4. The Hall–Kier alpha value is -1.26. The standard InChI is InChI=1S/C16H26N2O2/c1-18(8-2-3-9-18)10-12-20-11-4-5-14-13-15(19)6-7-16(14)17/h6-7,13H,2-5,8-12,17H2,1H3/p+1. The van der Waals surface area contributed by atoms with Crippen LogP contribution >= 0.6 is 0 Å². The molecule has 0 bridgehead atoms. The Balaban J connectivity index is 1.61. The quantitative estimate of drug-likeness (QED) is 0.348. The van der Waals surface area contributed by atoms with Gasteiger partial charge in [0.05, 0.1) is 26.7 Å². The third kappa shape index (κ3) is 4.39. The van der Waals surface area contributed by atoms with E-state index in [-0.39, 0.29) is 5.75 Å². The van der Waals surface area contributed by atoms with Crippen LogP contribution in [0.25, 0.3) is 0 Å². The molecule has 4 nitrogen and oxygen atoms in total. The van der Waals surface area contributed by atoms with Gasteiger partial charge in [-0.1, -0.05) is 0 Å². The first-order valence-electron chi connectivity index (χ1n) is 7.58. The van der Waals surface area contributed by atoms with Crippen LogP contribution in [0.2, 0.25) is 0 Å². The van der Waals surface area contributed by atoms with E-state index in [1.807, 2.05) is 0 Å². The van der Waals surface area contributed by atoms with Crippen molar-refractivity contribution in [3.63, 3.8) is 0 Å². The number of hydrogen-bond donors (Lipinski definition) is 2. The molecule has 0 spiro atoms. The number of anilines is 1. The van der Waals surface area contributed by atoms with E-state index >= 15 is 0 Å². The first-order chi connectivity index (χ1) is 9.59. The van der Waals surface area contributed by atoms with E-state index in [1.165, 1.54) is 30.4 Å². The lowest BCUT2D eigenvalue weighted by Crippen LogP contribution is -2.43. The van der Waals surface area contributed by atoms with Crippen LogP contribution in [0.1, 0.15) is 24.8 Å². The van der Waals surface area contributed by atoms with Crippen molar-refractivity contribution in [3.8, 4) is 5.75 Å². The minimum Gasteiger partial charge on any atom is -0.508 e. The van der Waals surface area contributed by atoms with Gasteiger partial charge >= 0.3 is 0 Å². The van der Waals surface area contributed by atoms with Crippen LogP contribution in [-0.2, 0) is 11.2 Å². The summed E-state index contributed by atoms with van der Waals surface area (Å²) in [7, 11) is 2.32. The number of aromatic hydroxyl groups is 1. The van der Waals surface area contributed by atoms with Crippen molar-refractivity contribution in [3.05, 3.63) is 23.8 Å². The summed E-state index contributed by atoms with van der Waals surface area (Å²) in [6.45, 7) is 5.31. The van der Waals surface area contributed by atoms with Crippen molar-refractivity contribution in [2.45, 2.75) is 25.7 Å². The van der Waals surface area contributed by atoms with Crippen molar-refractivity contribution in [1.82, 2.24) is 0 Å². The molecule has 1 heterocycles. The fourth-order valence-electron chi connectivity index (χ4n) is 2.88. The van der Waals surface area contributed by atoms with Crippen molar-refractivity contribution >= 4 is 5.69 Å². The van der Waals surface area contributed by atoms with Gasteiger partial charge in [-0.3, -0.25) is 0 Å². The first kappa shape index (κ1) is 15.1. The molecule has 1 aromatic rings. The van der Waals surface area contributed by atoms with Crippen molar-refractivity contribution in [1.29, 1.82) is 0 Å². The minimum absolute atomic E-state index is 0.279. The molecule has 1 aliphatic heterocycles. The maximum atomic E-state index is 9.44. The summed E-state index contributed by atoms with van der Waals surface area (Å²) in [4.78, 5) is 0. The molecule has 0 atom stereocenters. The second-order valence-corrected chi connectivity index (χ2v) is 6.10. The number of rotatable bonds is 7. The molecule has 20 heavy (non-hydrogen) atoms. The third-order valence-electron chi connectivity index (χ3n) is 4.28. The number of benzene rings is 1. The van der Waals surface area contributed by atoms with E-state index < -0.39 is 0 Å². The number of likely N-dealkylation sites (tertiary alicyclic amines) is 1. The molecule has 0 unspecified atom stereocenters. The fraction of sp³-hybridized carbons (Fsp3) is 0.625. The average molecular weight is 279 g/mol. The Morgan fingerprint density at radius 1 is 1.25 bits per heavy atom. The van der Waals surface area contributed by atoms with E-state index in [0.717, 1.165) is 43.9 Å². The number of nitrogen functional groups attached to an aromatic ring is 1. The van der Waals surface area contributed by atoms with Crippen LogP contribution in [0.4, 0.5) is 5.69 Å². The smallest absolute Gasteiger partial charge is 0.116 e. The molecule has 1 aliphatic rings. The van der Waals surface area contributed by atoms with Crippen LogP contribution < -0.4 is 5.73 Å². The largest absolute Gasteiger partial charge is 0.508 e. The van der Waals surface area contributed by atoms with Crippen LogP contribution in [-0.4, -0.2) is 49.5 Å². The van der Waals surface area contributed by atoms with Gasteiger partial charge in [0, 0.05) is 25.1 Å². The van der Waals surface area contributed by atoms with E-state index in [0.29, 0.717) is 0 Å². The molecule has 0 aromatic heterocycles. The summed E-state index contributed by atoms with van der Waals surface area (Å²) in [5, 5.41) is 9.44. The highest BCUT2D eigenvalue weighted by molar-refractivity contribution is 5.50. The van der Waals surface area contributed by atoms with Crippen molar-refractivity contribution in [2.75, 3.05) is 45.6 Å². The Morgan fingerprint density at radius 3 is 2.75 bits per heavy atom. The van der Waals surface area contributed by atoms with E-state index in [9.17, 15) is 5.11 Å². The van der Waals surface area contributed by atoms with Gasteiger partial charge in [-0.15, -0.1) is 0 Å². The molecular formula is C16H27N2O2+. The summed E-state index contributed by atoms with van der Waals surface area (Å²) >= 11 is 0. The van der Waals surface area contributed by atoms with Gasteiger partial charge in [0.1, 0.15) is 12.3 Å². The predicted octanol–water partition coefficient (Wildman–Crippen LogP) is 2.16. The second-order valence-electron chi connectivity index (χ2n) is 6.10. The minimum atomic E-state index is 0.279. The number of aryl methyl sites for hydroxylation is 1. The van der Waals surface area contributed by atoms with Crippen molar-refractivity contribution in [2.24, 2.45) is 0 Å². The van der Waals surface area contributed by atoms with Gasteiger partial charge in [0.25, 0.3) is 0 Å². The predicted molar refractivity (Wildman–Crippen MR) is 81.7 cm³/mol. The number of ether oxygens (including phenoxy) is 1. The van der Waals surface area contributed by atoms with Crippen LogP contribution in [0, 0.1) is 0 Å². The zero-order valence-electron chi connectivity index (χ0n) is 12.5. The number of likely N-dealkylation sites (N-methyl/N-ethyl adjacent to an activating group) is 1. The van der Waals surface area contributed by atoms with Gasteiger partial charge in [0.2, 0.25) is 0 Å². The van der Waals surface area contributed by atoms with Gasteiger partial charge in [-0.25, -0.2) is 0 Å². The average Bonchev–Trinajstić information content (AvgIpc) is 2.85. The number of quaternary nitrogens is 1. The number of phenols is 1. The lowest BCUT2D eigenvalue weighted by atomic mass is 10.1. The second kappa shape index (κ2) is 6.95. The van der Waals surface area contributed by atoms with E-state index in [2.05, 4.69) is 7.05 Å².